The Morgan fingerprint density at radius 1 is 1.23 bits per heavy atom. The van der Waals surface area contributed by atoms with E-state index in [1.807, 2.05) is 24.3 Å². The van der Waals surface area contributed by atoms with Gasteiger partial charge in [0.1, 0.15) is 22.4 Å². The molecular weight excluding hydrogens is 370 g/mol. The number of aromatic nitrogens is 2. The highest BCUT2D eigenvalue weighted by atomic mass is 35.5. The predicted octanol–water partition coefficient (Wildman–Crippen LogP) is 4.23. The summed E-state index contributed by atoms with van der Waals surface area (Å²) in [5.41, 5.74) is 0.721. The standard InChI is InChI=1S/C19H14ClN3O2S/c1-12-17(11-21)19(24)23(14-6-8-15(25-2)9-7-14)22-18(12)26-16-5-3-4-13(20)10-16/h3-10H,1-2H3. The second-order valence-corrected chi connectivity index (χ2v) is 6.89. The smallest absolute Gasteiger partial charge is 0.289 e. The van der Waals surface area contributed by atoms with Crippen molar-refractivity contribution in [1.29, 1.82) is 5.26 Å². The van der Waals surface area contributed by atoms with Crippen LogP contribution in [-0.4, -0.2) is 16.9 Å². The molecule has 0 N–H and O–H groups in total. The van der Waals surface area contributed by atoms with Crippen LogP contribution in [0.2, 0.25) is 5.02 Å². The molecule has 0 aliphatic rings. The highest BCUT2D eigenvalue weighted by Gasteiger charge is 2.16. The summed E-state index contributed by atoms with van der Waals surface area (Å²) in [6.45, 7) is 1.72. The molecule has 0 fully saturated rings. The number of ether oxygens (including phenoxy) is 1. The van der Waals surface area contributed by atoms with E-state index in [9.17, 15) is 10.1 Å². The third-order valence-corrected chi connectivity index (χ3v) is 5.04. The number of benzene rings is 2. The third kappa shape index (κ3) is 3.59. The molecule has 0 saturated heterocycles. The number of rotatable bonds is 4. The van der Waals surface area contributed by atoms with Gasteiger partial charge < -0.3 is 4.74 Å². The van der Waals surface area contributed by atoms with Crippen LogP contribution in [-0.2, 0) is 0 Å². The molecule has 0 atom stereocenters. The van der Waals surface area contributed by atoms with E-state index in [2.05, 4.69) is 5.10 Å². The maximum absolute atomic E-state index is 12.7. The fourth-order valence-electron chi connectivity index (χ4n) is 2.35. The lowest BCUT2D eigenvalue weighted by molar-refractivity contribution is 0.414. The SMILES string of the molecule is COc1ccc(-n2nc(Sc3cccc(Cl)c3)c(C)c(C#N)c2=O)cc1. The number of hydrogen-bond donors (Lipinski definition) is 0. The third-order valence-electron chi connectivity index (χ3n) is 3.73. The lowest BCUT2D eigenvalue weighted by Crippen LogP contribution is -2.25. The van der Waals surface area contributed by atoms with Crippen molar-refractivity contribution < 1.29 is 4.74 Å². The minimum atomic E-state index is -0.453. The normalized spacial score (nSPS) is 10.4. The Balaban J connectivity index is 2.13. The summed E-state index contributed by atoms with van der Waals surface area (Å²) in [5, 5.41) is 15.1. The summed E-state index contributed by atoms with van der Waals surface area (Å²) in [4.78, 5) is 13.5. The van der Waals surface area contributed by atoms with Gasteiger partial charge in [-0.2, -0.15) is 15.0 Å². The maximum Gasteiger partial charge on any atom is 0.289 e. The molecule has 1 heterocycles. The zero-order valence-corrected chi connectivity index (χ0v) is 15.6. The summed E-state index contributed by atoms with van der Waals surface area (Å²) in [5.74, 6) is 0.669. The molecule has 0 saturated carbocycles. The van der Waals surface area contributed by atoms with Gasteiger partial charge in [-0.25, -0.2) is 0 Å². The molecule has 5 nitrogen and oxygen atoms in total. The largest absolute Gasteiger partial charge is 0.497 e. The first-order valence-corrected chi connectivity index (χ1v) is 8.85. The predicted molar refractivity (Wildman–Crippen MR) is 101 cm³/mol. The fraction of sp³-hybridized carbons (Fsp3) is 0.105. The highest BCUT2D eigenvalue weighted by molar-refractivity contribution is 7.99. The van der Waals surface area contributed by atoms with Crippen molar-refractivity contribution in [1.82, 2.24) is 9.78 Å². The molecule has 3 rings (SSSR count). The van der Waals surface area contributed by atoms with Crippen molar-refractivity contribution in [2.45, 2.75) is 16.8 Å². The Morgan fingerprint density at radius 2 is 1.96 bits per heavy atom. The van der Waals surface area contributed by atoms with E-state index in [4.69, 9.17) is 16.3 Å². The second-order valence-electron chi connectivity index (χ2n) is 5.39. The van der Waals surface area contributed by atoms with Gasteiger partial charge in [0, 0.05) is 15.5 Å². The monoisotopic (exact) mass is 383 g/mol. The van der Waals surface area contributed by atoms with Crippen molar-refractivity contribution in [3.8, 4) is 17.5 Å². The van der Waals surface area contributed by atoms with E-state index in [1.54, 1.807) is 44.4 Å². The van der Waals surface area contributed by atoms with Crippen molar-refractivity contribution in [3.05, 3.63) is 75.0 Å². The molecule has 0 aliphatic carbocycles. The van der Waals surface area contributed by atoms with Gasteiger partial charge in [0.2, 0.25) is 0 Å². The number of nitriles is 1. The van der Waals surface area contributed by atoms with E-state index >= 15 is 0 Å². The van der Waals surface area contributed by atoms with E-state index < -0.39 is 5.56 Å². The lowest BCUT2D eigenvalue weighted by atomic mass is 10.2. The van der Waals surface area contributed by atoms with Gasteiger partial charge in [0.25, 0.3) is 5.56 Å². The molecule has 2 aromatic carbocycles. The Bertz CT molecular complexity index is 1060. The van der Waals surface area contributed by atoms with Gasteiger partial charge in [0.05, 0.1) is 12.8 Å². The molecule has 0 aliphatic heterocycles. The number of hydrogen-bond acceptors (Lipinski definition) is 5. The van der Waals surface area contributed by atoms with Gasteiger partial charge in [-0.3, -0.25) is 4.79 Å². The first-order chi connectivity index (χ1) is 12.5. The molecule has 1 aromatic heterocycles. The highest BCUT2D eigenvalue weighted by Crippen LogP contribution is 2.30. The lowest BCUT2D eigenvalue weighted by Gasteiger charge is -2.11. The van der Waals surface area contributed by atoms with E-state index in [0.29, 0.717) is 27.0 Å². The quantitative estimate of drug-likeness (QED) is 0.674. The minimum absolute atomic E-state index is 0.0698. The number of nitrogens with zero attached hydrogens (tertiary/aromatic N) is 3. The molecule has 0 unspecified atom stereocenters. The van der Waals surface area contributed by atoms with Crippen LogP contribution < -0.4 is 10.3 Å². The maximum atomic E-state index is 12.7. The van der Waals surface area contributed by atoms with Gasteiger partial charge in [-0.15, -0.1) is 0 Å². The molecule has 0 radical (unpaired) electrons. The second kappa shape index (κ2) is 7.65. The van der Waals surface area contributed by atoms with Crippen LogP contribution in [0.15, 0.2) is 63.2 Å². The average molecular weight is 384 g/mol. The molecule has 7 heteroatoms. The van der Waals surface area contributed by atoms with Crippen LogP contribution >= 0.6 is 23.4 Å². The summed E-state index contributed by atoms with van der Waals surface area (Å²) in [6, 6.07) is 16.2. The zero-order valence-electron chi connectivity index (χ0n) is 14.1. The summed E-state index contributed by atoms with van der Waals surface area (Å²) in [6.07, 6.45) is 0. The van der Waals surface area contributed by atoms with Crippen LogP contribution in [0.4, 0.5) is 0 Å². The van der Waals surface area contributed by atoms with Gasteiger partial charge >= 0.3 is 0 Å². The zero-order chi connectivity index (χ0) is 18.7. The molecule has 0 bridgehead atoms. The van der Waals surface area contributed by atoms with Crippen LogP contribution in [0.3, 0.4) is 0 Å². The number of halogens is 1. The molecule has 0 spiro atoms. The van der Waals surface area contributed by atoms with Crippen molar-refractivity contribution in [3.63, 3.8) is 0 Å². The Labute approximate surface area is 159 Å². The van der Waals surface area contributed by atoms with Crippen LogP contribution in [0.25, 0.3) is 5.69 Å². The van der Waals surface area contributed by atoms with E-state index in [1.165, 1.54) is 16.4 Å². The Morgan fingerprint density at radius 3 is 2.58 bits per heavy atom. The van der Waals surface area contributed by atoms with E-state index in [-0.39, 0.29) is 5.56 Å². The van der Waals surface area contributed by atoms with Crippen molar-refractivity contribution in [2.75, 3.05) is 7.11 Å². The Kier molecular flexibility index (Phi) is 5.31. The molecule has 0 amide bonds. The van der Waals surface area contributed by atoms with Crippen LogP contribution in [0, 0.1) is 18.3 Å². The summed E-state index contributed by atoms with van der Waals surface area (Å²) in [7, 11) is 1.57. The molecule has 26 heavy (non-hydrogen) atoms. The summed E-state index contributed by atoms with van der Waals surface area (Å²) < 4.78 is 6.37. The summed E-state index contributed by atoms with van der Waals surface area (Å²) >= 11 is 7.39. The van der Waals surface area contributed by atoms with Gasteiger partial charge in [-0.1, -0.05) is 29.4 Å². The van der Waals surface area contributed by atoms with Crippen LogP contribution in [0.5, 0.6) is 5.75 Å². The molecular formula is C19H14ClN3O2S. The fourth-order valence-corrected chi connectivity index (χ4v) is 3.54. The van der Waals surface area contributed by atoms with Crippen LogP contribution in [0.1, 0.15) is 11.1 Å². The van der Waals surface area contributed by atoms with Gasteiger partial charge in [-0.05, 0) is 49.4 Å². The van der Waals surface area contributed by atoms with E-state index in [0.717, 1.165) is 4.90 Å². The van der Waals surface area contributed by atoms with Crippen molar-refractivity contribution >= 4 is 23.4 Å². The number of methoxy groups -OCH3 is 1. The average Bonchev–Trinajstić information content (AvgIpc) is 2.65. The minimum Gasteiger partial charge on any atom is -0.497 e. The molecule has 130 valence electrons. The first kappa shape index (κ1) is 18.1. The Hall–Kier alpha value is -2.75. The van der Waals surface area contributed by atoms with Crippen molar-refractivity contribution in [2.24, 2.45) is 0 Å². The topological polar surface area (TPSA) is 67.9 Å². The molecule has 3 aromatic rings. The first-order valence-electron chi connectivity index (χ1n) is 7.65. The van der Waals surface area contributed by atoms with Gasteiger partial charge in [0.15, 0.2) is 0 Å².